The van der Waals surface area contributed by atoms with Gasteiger partial charge in [-0.15, -0.1) is 0 Å². The predicted molar refractivity (Wildman–Crippen MR) is 87.1 cm³/mol. The van der Waals surface area contributed by atoms with Crippen molar-refractivity contribution in [2.75, 3.05) is 18.5 Å². The monoisotopic (exact) mass is 312 g/mol. The van der Waals surface area contributed by atoms with E-state index >= 15 is 0 Å². The fourth-order valence-electron chi connectivity index (χ4n) is 2.48. The highest BCUT2D eigenvalue weighted by atomic mass is 16.5. The van der Waals surface area contributed by atoms with Gasteiger partial charge in [0.2, 0.25) is 0 Å². The van der Waals surface area contributed by atoms with Gasteiger partial charge in [0.1, 0.15) is 5.69 Å². The van der Waals surface area contributed by atoms with Crippen LogP contribution in [0, 0.1) is 0 Å². The number of rotatable bonds is 6. The average molecular weight is 312 g/mol. The van der Waals surface area contributed by atoms with Gasteiger partial charge in [0.05, 0.1) is 6.10 Å². The molecular weight excluding hydrogens is 292 g/mol. The van der Waals surface area contributed by atoms with Crippen LogP contribution < -0.4 is 10.6 Å². The third-order valence-corrected chi connectivity index (χ3v) is 3.73. The zero-order valence-corrected chi connectivity index (χ0v) is 12.9. The molecule has 3 heterocycles. The lowest BCUT2D eigenvalue weighted by Gasteiger charge is -2.12. The number of nitrogens with zero attached hydrogens (tertiary/aromatic N) is 2. The topological polar surface area (TPSA) is 76.1 Å². The number of carbonyl (C=O) groups is 1. The van der Waals surface area contributed by atoms with Crippen molar-refractivity contribution >= 4 is 11.6 Å². The van der Waals surface area contributed by atoms with Crippen molar-refractivity contribution in [3.63, 3.8) is 0 Å². The maximum Gasteiger partial charge on any atom is 0.270 e. The molecule has 1 amide bonds. The van der Waals surface area contributed by atoms with Crippen LogP contribution in [-0.4, -0.2) is 35.1 Å². The average Bonchev–Trinajstić information content (AvgIpc) is 3.12. The molecule has 2 aromatic rings. The zero-order valence-electron chi connectivity index (χ0n) is 12.9. The second-order valence-electron chi connectivity index (χ2n) is 5.49. The Morgan fingerprint density at radius 3 is 3.09 bits per heavy atom. The molecule has 1 fully saturated rings. The lowest BCUT2D eigenvalue weighted by molar-refractivity contribution is 0.0946. The highest BCUT2D eigenvalue weighted by molar-refractivity contribution is 5.93. The molecule has 23 heavy (non-hydrogen) atoms. The summed E-state index contributed by atoms with van der Waals surface area (Å²) in [5.41, 5.74) is 2.22. The van der Waals surface area contributed by atoms with E-state index in [1.807, 2.05) is 18.2 Å². The fourth-order valence-corrected chi connectivity index (χ4v) is 2.48. The second-order valence-corrected chi connectivity index (χ2v) is 5.49. The first kappa shape index (κ1) is 15.4. The summed E-state index contributed by atoms with van der Waals surface area (Å²) >= 11 is 0. The number of pyridine rings is 2. The molecule has 2 aromatic heterocycles. The molecule has 0 bridgehead atoms. The van der Waals surface area contributed by atoms with Gasteiger partial charge in [-0.2, -0.15) is 0 Å². The number of hydrogen-bond donors (Lipinski definition) is 2. The SMILES string of the molecule is O=C(NCc1cccnc1)c1cc(NCC2CCCO2)ccn1. The molecule has 120 valence electrons. The number of hydrogen-bond acceptors (Lipinski definition) is 5. The molecule has 2 N–H and O–H groups in total. The van der Waals surface area contributed by atoms with Crippen LogP contribution in [0.1, 0.15) is 28.9 Å². The summed E-state index contributed by atoms with van der Waals surface area (Å²) in [5, 5.41) is 6.15. The second kappa shape index (κ2) is 7.69. The molecule has 1 unspecified atom stereocenters. The minimum Gasteiger partial charge on any atom is -0.382 e. The Balaban J connectivity index is 1.54. The number of amides is 1. The Bertz CT molecular complexity index is 642. The minimum absolute atomic E-state index is 0.199. The summed E-state index contributed by atoms with van der Waals surface area (Å²) < 4.78 is 5.58. The van der Waals surface area contributed by atoms with Crippen LogP contribution in [-0.2, 0) is 11.3 Å². The fraction of sp³-hybridized carbons (Fsp3) is 0.353. The molecule has 0 spiro atoms. The maximum absolute atomic E-state index is 12.2. The number of anilines is 1. The van der Waals surface area contributed by atoms with E-state index in [0.717, 1.165) is 37.2 Å². The Labute approximate surface area is 135 Å². The van der Waals surface area contributed by atoms with Crippen molar-refractivity contribution in [3.05, 3.63) is 54.1 Å². The standard InChI is InChI=1S/C17H20N4O2/c22-17(21-11-13-3-1-6-18-10-13)16-9-14(5-7-19-16)20-12-15-4-2-8-23-15/h1,3,5-7,9-10,15H,2,4,8,11-12H2,(H,19,20)(H,21,22). The normalized spacial score (nSPS) is 17.0. The molecule has 6 nitrogen and oxygen atoms in total. The van der Waals surface area contributed by atoms with Crippen molar-refractivity contribution in [2.24, 2.45) is 0 Å². The number of nitrogens with one attached hydrogen (secondary N) is 2. The maximum atomic E-state index is 12.2. The van der Waals surface area contributed by atoms with Crippen LogP contribution in [0.25, 0.3) is 0 Å². The molecule has 1 aliphatic heterocycles. The summed E-state index contributed by atoms with van der Waals surface area (Å²) in [5.74, 6) is -0.199. The van der Waals surface area contributed by atoms with Crippen molar-refractivity contribution in [2.45, 2.75) is 25.5 Å². The summed E-state index contributed by atoms with van der Waals surface area (Å²) in [7, 11) is 0. The Hall–Kier alpha value is -2.47. The van der Waals surface area contributed by atoms with Gasteiger partial charge in [0.25, 0.3) is 5.91 Å². The molecule has 0 aromatic carbocycles. The Morgan fingerprint density at radius 2 is 2.30 bits per heavy atom. The van der Waals surface area contributed by atoms with Crippen molar-refractivity contribution in [1.82, 2.24) is 15.3 Å². The molecule has 0 aliphatic carbocycles. The Kier molecular flexibility index (Phi) is 5.16. The lowest BCUT2D eigenvalue weighted by Crippen LogP contribution is -2.24. The van der Waals surface area contributed by atoms with Crippen molar-refractivity contribution in [1.29, 1.82) is 0 Å². The third-order valence-electron chi connectivity index (χ3n) is 3.73. The van der Waals surface area contributed by atoms with E-state index in [2.05, 4.69) is 20.6 Å². The molecular formula is C17H20N4O2. The first-order valence-electron chi connectivity index (χ1n) is 7.80. The van der Waals surface area contributed by atoms with Crippen LogP contribution in [0.2, 0.25) is 0 Å². The van der Waals surface area contributed by atoms with E-state index in [1.165, 1.54) is 0 Å². The van der Waals surface area contributed by atoms with E-state index in [9.17, 15) is 4.79 Å². The summed E-state index contributed by atoms with van der Waals surface area (Å²) in [4.78, 5) is 20.3. The van der Waals surface area contributed by atoms with E-state index in [0.29, 0.717) is 12.2 Å². The van der Waals surface area contributed by atoms with Crippen molar-refractivity contribution in [3.8, 4) is 0 Å². The van der Waals surface area contributed by atoms with Crippen LogP contribution in [0.3, 0.4) is 0 Å². The van der Waals surface area contributed by atoms with Gasteiger partial charge in [-0.1, -0.05) is 6.07 Å². The first-order chi connectivity index (χ1) is 11.3. The molecule has 1 aliphatic rings. The van der Waals surface area contributed by atoms with Crippen LogP contribution in [0.5, 0.6) is 0 Å². The largest absolute Gasteiger partial charge is 0.382 e. The molecule has 1 atom stereocenters. The smallest absolute Gasteiger partial charge is 0.270 e. The van der Waals surface area contributed by atoms with E-state index in [-0.39, 0.29) is 12.0 Å². The molecule has 3 rings (SSSR count). The summed E-state index contributed by atoms with van der Waals surface area (Å²) in [6.45, 7) is 2.02. The van der Waals surface area contributed by atoms with E-state index < -0.39 is 0 Å². The van der Waals surface area contributed by atoms with Crippen molar-refractivity contribution < 1.29 is 9.53 Å². The molecule has 0 saturated carbocycles. The van der Waals surface area contributed by atoms with Gasteiger partial charge >= 0.3 is 0 Å². The van der Waals surface area contributed by atoms with Gasteiger partial charge < -0.3 is 15.4 Å². The molecule has 6 heteroatoms. The highest BCUT2D eigenvalue weighted by Gasteiger charge is 2.15. The van der Waals surface area contributed by atoms with Gasteiger partial charge in [-0.05, 0) is 36.6 Å². The molecule has 1 saturated heterocycles. The van der Waals surface area contributed by atoms with E-state index in [1.54, 1.807) is 24.7 Å². The van der Waals surface area contributed by atoms with Gasteiger partial charge in [-0.25, -0.2) is 0 Å². The van der Waals surface area contributed by atoms with Gasteiger partial charge in [0, 0.05) is 44.0 Å². The van der Waals surface area contributed by atoms with Gasteiger partial charge in [-0.3, -0.25) is 14.8 Å². The lowest BCUT2D eigenvalue weighted by atomic mass is 10.2. The zero-order chi connectivity index (χ0) is 15.9. The number of aromatic nitrogens is 2. The van der Waals surface area contributed by atoms with Gasteiger partial charge in [0.15, 0.2) is 0 Å². The first-order valence-corrected chi connectivity index (χ1v) is 7.80. The quantitative estimate of drug-likeness (QED) is 0.853. The highest BCUT2D eigenvalue weighted by Crippen LogP contribution is 2.14. The minimum atomic E-state index is -0.199. The summed E-state index contributed by atoms with van der Waals surface area (Å²) in [6.07, 6.45) is 7.52. The Morgan fingerprint density at radius 1 is 1.35 bits per heavy atom. The summed E-state index contributed by atoms with van der Waals surface area (Å²) in [6, 6.07) is 7.37. The predicted octanol–water partition coefficient (Wildman–Crippen LogP) is 2.00. The van der Waals surface area contributed by atoms with Crippen LogP contribution in [0.15, 0.2) is 42.9 Å². The van der Waals surface area contributed by atoms with E-state index in [4.69, 9.17) is 4.74 Å². The number of carbonyl (C=O) groups excluding carboxylic acids is 1. The third kappa shape index (κ3) is 4.50. The van der Waals surface area contributed by atoms with Crippen LogP contribution >= 0.6 is 0 Å². The number of ether oxygens (including phenoxy) is 1. The van der Waals surface area contributed by atoms with Crippen LogP contribution in [0.4, 0.5) is 5.69 Å². The molecule has 0 radical (unpaired) electrons.